The number of benzene rings is 3. The van der Waals surface area contributed by atoms with Gasteiger partial charge in [-0.2, -0.15) is 0 Å². The average molecular weight is 754 g/mol. The van der Waals surface area contributed by atoms with Gasteiger partial charge in [-0.15, -0.1) is 22.4 Å². The molecule has 3 rings (SSSR count). The third kappa shape index (κ3) is 13.2. The van der Waals surface area contributed by atoms with Crippen LogP contribution >= 0.6 is 12.3 Å². The van der Waals surface area contributed by atoms with Gasteiger partial charge in [0.1, 0.15) is 17.2 Å². The molecule has 0 aromatic heterocycles. The number of esters is 2. The molecular formula is C33H34F3N3O12S. The quantitative estimate of drug-likeness (QED) is 0.0177. The maximum atomic E-state index is 13.7. The summed E-state index contributed by atoms with van der Waals surface area (Å²) in [5.74, 6) is -2.91. The van der Waals surface area contributed by atoms with Crippen LogP contribution in [0, 0.1) is 5.41 Å². The van der Waals surface area contributed by atoms with Crippen molar-refractivity contribution in [3.8, 4) is 16.9 Å². The van der Waals surface area contributed by atoms with Gasteiger partial charge in [-0.1, -0.05) is 6.07 Å². The van der Waals surface area contributed by atoms with Gasteiger partial charge in [0.05, 0.1) is 37.0 Å². The maximum Gasteiger partial charge on any atom is 0.550 e. The van der Waals surface area contributed by atoms with Gasteiger partial charge in [0, 0.05) is 18.4 Å². The number of rotatable bonds is 15. The number of amidine groups is 1. The largest absolute Gasteiger partial charge is 0.550 e. The molecule has 19 heteroatoms. The zero-order chi connectivity index (χ0) is 38.5. The van der Waals surface area contributed by atoms with Crippen molar-refractivity contribution in [2.45, 2.75) is 32.7 Å². The predicted molar refractivity (Wildman–Crippen MR) is 178 cm³/mol. The maximum absolute atomic E-state index is 13.7. The van der Waals surface area contributed by atoms with E-state index in [4.69, 9.17) is 33.3 Å². The topological polar surface area (TPSA) is 190 Å². The number of carbonyl (C=O) groups excluding carboxylic acids is 4. The van der Waals surface area contributed by atoms with E-state index in [0.717, 1.165) is 13.2 Å². The number of alkyl halides is 3. The van der Waals surface area contributed by atoms with Crippen LogP contribution in [0.5, 0.6) is 5.75 Å². The van der Waals surface area contributed by atoms with Gasteiger partial charge in [-0.05, 0) is 86.5 Å². The molecule has 0 heterocycles. The second-order valence-electron chi connectivity index (χ2n) is 11.2. The molecule has 0 unspecified atom stereocenters. The minimum atomic E-state index is -5.11. The van der Waals surface area contributed by atoms with Crippen molar-refractivity contribution < 1.29 is 69.4 Å². The fraction of sp³-hybridized carbons (Fsp3) is 0.303. The number of alkyl carbamates (subject to hydrolysis) is 1. The Bertz CT molecular complexity index is 1750. The molecule has 0 saturated carbocycles. The molecule has 15 nitrogen and oxygen atoms in total. The molecule has 3 aromatic carbocycles. The van der Waals surface area contributed by atoms with Crippen molar-refractivity contribution in [3.63, 3.8) is 0 Å². The smallest absolute Gasteiger partial charge is 0.465 e. The monoisotopic (exact) mass is 753 g/mol. The summed E-state index contributed by atoms with van der Waals surface area (Å²) >= 11 is -0.178. The summed E-state index contributed by atoms with van der Waals surface area (Å²) in [6.07, 6.45) is -5.94. The summed E-state index contributed by atoms with van der Waals surface area (Å²) in [4.78, 5) is 54.6. The van der Waals surface area contributed by atoms with Crippen molar-refractivity contribution in [2.24, 2.45) is 0 Å². The molecule has 0 saturated heterocycles. The lowest BCUT2D eigenvalue weighted by Gasteiger charge is -2.19. The van der Waals surface area contributed by atoms with Gasteiger partial charge < -0.3 is 33.2 Å². The zero-order valence-electron chi connectivity index (χ0n) is 28.3. The summed E-state index contributed by atoms with van der Waals surface area (Å²) in [5, 5.41) is 13.1. The van der Waals surface area contributed by atoms with Crippen LogP contribution in [0.1, 0.15) is 57.4 Å². The highest BCUT2D eigenvalue weighted by atomic mass is 32.2. The van der Waals surface area contributed by atoms with Gasteiger partial charge >= 0.3 is 24.4 Å². The number of amides is 2. The van der Waals surface area contributed by atoms with Crippen LogP contribution in [0.3, 0.4) is 0 Å². The normalized spacial score (nSPS) is 11.3. The first kappa shape index (κ1) is 41.2. The Balaban J connectivity index is 1.93. The minimum absolute atomic E-state index is 0.0459. The van der Waals surface area contributed by atoms with Crippen molar-refractivity contribution >= 4 is 47.8 Å². The number of hydrogen-bond donors (Lipinski definition) is 3. The second kappa shape index (κ2) is 18.9. The second-order valence-corrected chi connectivity index (χ2v) is 11.6. The summed E-state index contributed by atoms with van der Waals surface area (Å²) in [6, 6.07) is 13.4. The van der Waals surface area contributed by atoms with E-state index in [1.807, 2.05) is 0 Å². The van der Waals surface area contributed by atoms with Crippen molar-refractivity contribution in [1.29, 1.82) is 5.41 Å². The summed E-state index contributed by atoms with van der Waals surface area (Å²) < 4.78 is 71.1. The van der Waals surface area contributed by atoms with E-state index in [-0.39, 0.29) is 83.0 Å². The van der Waals surface area contributed by atoms with Gasteiger partial charge in [-0.3, -0.25) is 15.5 Å². The molecule has 0 aliphatic heterocycles. The average Bonchev–Trinajstić information content (AvgIpc) is 3.08. The van der Waals surface area contributed by atoms with E-state index in [9.17, 15) is 32.3 Å². The number of nitrogens with one attached hydrogen (secondary N) is 3. The van der Waals surface area contributed by atoms with Gasteiger partial charge in [0.2, 0.25) is 0 Å². The zero-order valence-corrected chi connectivity index (χ0v) is 29.2. The Morgan fingerprint density at radius 1 is 0.827 bits per heavy atom. The lowest BCUT2D eigenvalue weighted by atomic mass is 9.93. The minimum Gasteiger partial charge on any atom is -0.465 e. The van der Waals surface area contributed by atoms with Gasteiger partial charge in [-0.25, -0.2) is 14.4 Å². The van der Waals surface area contributed by atoms with E-state index >= 15 is 0 Å². The fourth-order valence-corrected chi connectivity index (χ4v) is 4.38. The Hall–Kier alpha value is -5.21. The molecular weight excluding hydrogens is 719 g/mol. The highest BCUT2D eigenvalue weighted by molar-refractivity contribution is 7.90. The first-order valence-corrected chi connectivity index (χ1v) is 15.5. The molecule has 0 aliphatic rings. The van der Waals surface area contributed by atoms with Crippen LogP contribution in [0.4, 0.5) is 23.7 Å². The third-order valence-electron chi connectivity index (χ3n) is 6.24. The Morgan fingerprint density at radius 3 is 2.12 bits per heavy atom. The molecule has 52 heavy (non-hydrogen) atoms. The Morgan fingerprint density at radius 2 is 1.48 bits per heavy atom. The van der Waals surface area contributed by atoms with Gasteiger partial charge in [0.15, 0.2) is 6.79 Å². The summed E-state index contributed by atoms with van der Waals surface area (Å²) in [7, 11) is 2.58. The first-order chi connectivity index (χ1) is 24.5. The van der Waals surface area contributed by atoms with Crippen LogP contribution in [0.25, 0.3) is 11.1 Å². The molecule has 0 spiro atoms. The molecule has 0 bridgehead atoms. The molecule has 0 fully saturated rings. The lowest BCUT2D eigenvalue weighted by Crippen LogP contribution is -2.36. The number of carbonyl (C=O) groups is 4. The van der Waals surface area contributed by atoms with E-state index < -0.39 is 35.9 Å². The van der Waals surface area contributed by atoms with Crippen LogP contribution in [-0.4, -0.2) is 76.0 Å². The molecule has 0 aliphatic carbocycles. The molecule has 280 valence electrons. The summed E-state index contributed by atoms with van der Waals surface area (Å²) in [5.41, 5.74) is -0.374. The number of methoxy groups -OCH3 is 2. The fourth-order valence-electron chi connectivity index (χ4n) is 4.06. The first-order valence-electron chi connectivity index (χ1n) is 14.9. The highest BCUT2D eigenvalue weighted by Gasteiger charge is 2.32. The Kier molecular flexibility index (Phi) is 14.9. The van der Waals surface area contributed by atoms with Crippen molar-refractivity contribution in [2.75, 3.05) is 39.5 Å². The number of ether oxygens (including phenoxy) is 5. The van der Waals surface area contributed by atoms with Crippen LogP contribution in [0.15, 0.2) is 60.7 Å². The van der Waals surface area contributed by atoms with Crippen molar-refractivity contribution in [3.05, 3.63) is 82.9 Å². The number of anilines is 1. The number of halogens is 3. The third-order valence-corrected chi connectivity index (χ3v) is 6.62. The van der Waals surface area contributed by atoms with E-state index in [1.54, 1.807) is 20.8 Å². The molecule has 3 aromatic rings. The van der Waals surface area contributed by atoms with Crippen LogP contribution in [-0.2, 0) is 32.9 Å². The van der Waals surface area contributed by atoms with Crippen LogP contribution < -0.4 is 14.8 Å². The predicted octanol–water partition coefficient (Wildman–Crippen LogP) is 6.43. The molecule has 3 N–H and O–H groups in total. The molecule has 2 amide bonds. The van der Waals surface area contributed by atoms with Gasteiger partial charge in [0.25, 0.3) is 18.2 Å². The van der Waals surface area contributed by atoms with Crippen molar-refractivity contribution in [1.82, 2.24) is 5.32 Å². The highest BCUT2D eigenvalue weighted by Crippen LogP contribution is 2.33. The molecule has 0 radical (unpaired) electrons. The molecule has 0 atom stereocenters. The Labute approximate surface area is 299 Å². The summed E-state index contributed by atoms with van der Waals surface area (Å²) in [6.45, 7) is 5.05. The van der Waals surface area contributed by atoms with E-state index in [1.165, 1.54) is 61.7 Å². The number of hydrogen-bond acceptors (Lipinski definition) is 14. The lowest BCUT2D eigenvalue weighted by molar-refractivity contribution is -0.441. The van der Waals surface area contributed by atoms with E-state index in [0.29, 0.717) is 0 Å². The SMILES string of the molecule is COCCOCOC(=O)c1ccc(-c2ccc(OSOOC(F)(F)F)cc2C(=O)Nc2ccc(C(=N)NC(=O)OC(C)(C)C)cc2)c(C(=O)OC)c1. The van der Waals surface area contributed by atoms with E-state index in [2.05, 4.69) is 19.9 Å². The van der Waals surface area contributed by atoms with Crippen LogP contribution in [0.2, 0.25) is 0 Å². The standard InChI is InChI=1S/C33H34F3N3O12S/c1-32(2,3)48-31(43)39-27(37)19-6-9-21(10-7-19)38-28(40)25-17-22(49-52-51-50-33(34,35)36)11-13-23(25)24-12-8-20(16-26(24)30(42)45-5)29(41)47-18-46-15-14-44-4/h6-13,16-17H,14-15,18H2,1-5H3,(H,38,40)(H2,37,39,43).